The van der Waals surface area contributed by atoms with E-state index >= 15 is 0 Å². The first kappa shape index (κ1) is 16.0. The number of aromatic nitrogens is 2. The molecule has 1 N–H and O–H groups in total. The van der Waals surface area contributed by atoms with E-state index in [1.165, 1.54) is 11.3 Å². The molecule has 0 radical (unpaired) electrons. The fourth-order valence-electron chi connectivity index (χ4n) is 3.86. The second-order valence-corrected chi connectivity index (χ2v) is 6.77. The Hall–Kier alpha value is -2.50. The van der Waals surface area contributed by atoms with Crippen LogP contribution < -0.4 is 14.8 Å². The minimum Gasteiger partial charge on any atom is -0.454 e. The van der Waals surface area contributed by atoms with Gasteiger partial charge in [-0.1, -0.05) is 6.07 Å². The quantitative estimate of drug-likeness (QED) is 0.928. The number of carbonyl (C=O) groups excluding carboxylic acids is 1. The maximum atomic E-state index is 12.5. The predicted octanol–water partition coefficient (Wildman–Crippen LogP) is 2.58. The lowest BCUT2D eigenvalue weighted by Gasteiger charge is -2.24. The van der Waals surface area contributed by atoms with E-state index in [2.05, 4.69) is 10.4 Å². The lowest BCUT2D eigenvalue weighted by Crippen LogP contribution is -2.31. The number of nitrogens with one attached hydrogen (secondary N) is 1. The van der Waals surface area contributed by atoms with Gasteiger partial charge in [-0.05, 0) is 50.3 Å². The molecule has 0 saturated heterocycles. The van der Waals surface area contributed by atoms with Crippen LogP contribution in [0.3, 0.4) is 0 Å². The van der Waals surface area contributed by atoms with Crippen LogP contribution in [0.4, 0.5) is 0 Å². The highest BCUT2D eigenvalue weighted by molar-refractivity contribution is 5.77. The molecule has 2 heterocycles. The number of amides is 1. The zero-order valence-electron chi connectivity index (χ0n) is 14.7. The van der Waals surface area contributed by atoms with Gasteiger partial charge in [0.25, 0.3) is 0 Å². The highest BCUT2D eigenvalue weighted by Gasteiger charge is 2.27. The Labute approximate surface area is 147 Å². The Balaban J connectivity index is 1.39. The summed E-state index contributed by atoms with van der Waals surface area (Å²) in [6.45, 7) is 2.30. The summed E-state index contributed by atoms with van der Waals surface area (Å²) < 4.78 is 12.7. The molecular formula is C19H23N3O3. The Morgan fingerprint density at radius 3 is 3.08 bits per heavy atom. The van der Waals surface area contributed by atoms with E-state index < -0.39 is 0 Å². The van der Waals surface area contributed by atoms with Gasteiger partial charge in [-0.15, -0.1) is 0 Å². The van der Waals surface area contributed by atoms with Crippen molar-refractivity contribution in [3.63, 3.8) is 0 Å². The smallest absolute Gasteiger partial charge is 0.231 e. The standard InChI is InChI=1S/C19H23N3O3/c1-12-19-14(4-3-5-15(19)22(2)21-12)20-18(23)9-7-13-6-8-16-17(10-13)25-11-24-16/h6,8,10,14H,3-5,7,9,11H2,1-2H3,(H,20,23). The number of rotatable bonds is 4. The third-order valence-electron chi connectivity index (χ3n) is 5.06. The van der Waals surface area contributed by atoms with Crippen molar-refractivity contribution >= 4 is 5.91 Å². The maximum absolute atomic E-state index is 12.5. The maximum Gasteiger partial charge on any atom is 0.231 e. The summed E-state index contributed by atoms with van der Waals surface area (Å²) in [6.07, 6.45) is 4.25. The number of ether oxygens (including phenoxy) is 2. The van der Waals surface area contributed by atoms with Crippen LogP contribution >= 0.6 is 0 Å². The molecule has 6 heteroatoms. The van der Waals surface area contributed by atoms with Gasteiger partial charge in [0.2, 0.25) is 12.7 Å². The molecule has 0 spiro atoms. The van der Waals surface area contributed by atoms with Crippen LogP contribution in [0.15, 0.2) is 18.2 Å². The fraction of sp³-hybridized carbons (Fsp3) is 0.474. The van der Waals surface area contributed by atoms with Gasteiger partial charge in [0, 0.05) is 24.7 Å². The molecule has 1 aliphatic heterocycles. The summed E-state index contributed by atoms with van der Waals surface area (Å²) in [6, 6.07) is 5.94. The molecule has 2 aliphatic rings. The molecule has 25 heavy (non-hydrogen) atoms. The van der Waals surface area contributed by atoms with Crippen molar-refractivity contribution in [2.75, 3.05) is 6.79 Å². The van der Waals surface area contributed by atoms with Gasteiger partial charge in [-0.25, -0.2) is 0 Å². The van der Waals surface area contributed by atoms with Gasteiger partial charge < -0.3 is 14.8 Å². The van der Waals surface area contributed by atoms with Crippen molar-refractivity contribution in [3.05, 3.63) is 40.7 Å². The van der Waals surface area contributed by atoms with Crippen molar-refractivity contribution in [1.29, 1.82) is 0 Å². The van der Waals surface area contributed by atoms with Gasteiger partial charge in [0.15, 0.2) is 11.5 Å². The Morgan fingerprint density at radius 1 is 1.36 bits per heavy atom. The number of fused-ring (bicyclic) bond motifs is 2. The minimum absolute atomic E-state index is 0.0822. The van der Waals surface area contributed by atoms with E-state index in [4.69, 9.17) is 9.47 Å². The number of benzene rings is 1. The Kier molecular flexibility index (Phi) is 4.11. The van der Waals surface area contributed by atoms with Crippen LogP contribution in [0, 0.1) is 6.92 Å². The van der Waals surface area contributed by atoms with E-state index in [-0.39, 0.29) is 18.7 Å². The van der Waals surface area contributed by atoms with Gasteiger partial charge in [0.1, 0.15) is 0 Å². The van der Waals surface area contributed by atoms with Crippen molar-refractivity contribution < 1.29 is 14.3 Å². The molecule has 0 bridgehead atoms. The van der Waals surface area contributed by atoms with E-state index in [0.717, 1.165) is 42.0 Å². The first-order chi connectivity index (χ1) is 12.1. The minimum atomic E-state index is 0.0822. The van der Waals surface area contributed by atoms with Crippen molar-refractivity contribution in [3.8, 4) is 11.5 Å². The normalized spacial score (nSPS) is 18.1. The average molecular weight is 341 g/mol. The first-order valence-electron chi connectivity index (χ1n) is 8.82. The van der Waals surface area contributed by atoms with Crippen LogP contribution in [0.2, 0.25) is 0 Å². The van der Waals surface area contributed by atoms with E-state index in [9.17, 15) is 4.79 Å². The monoisotopic (exact) mass is 341 g/mol. The summed E-state index contributed by atoms with van der Waals surface area (Å²) in [4.78, 5) is 12.5. The molecule has 0 fully saturated rings. The summed E-state index contributed by atoms with van der Waals surface area (Å²) in [5.74, 6) is 1.62. The predicted molar refractivity (Wildman–Crippen MR) is 92.7 cm³/mol. The molecule has 1 aromatic heterocycles. The highest BCUT2D eigenvalue weighted by Crippen LogP contribution is 2.33. The summed E-state index contributed by atoms with van der Waals surface area (Å²) >= 11 is 0. The number of aryl methyl sites for hydroxylation is 3. The second-order valence-electron chi connectivity index (χ2n) is 6.77. The lowest BCUT2D eigenvalue weighted by atomic mass is 9.91. The fourth-order valence-corrected chi connectivity index (χ4v) is 3.86. The molecule has 132 valence electrons. The topological polar surface area (TPSA) is 65.4 Å². The van der Waals surface area contributed by atoms with Crippen LogP contribution in [0.1, 0.15) is 47.8 Å². The first-order valence-corrected chi connectivity index (χ1v) is 8.82. The van der Waals surface area contributed by atoms with Crippen LogP contribution in [0.5, 0.6) is 11.5 Å². The summed E-state index contributed by atoms with van der Waals surface area (Å²) in [7, 11) is 1.98. The van der Waals surface area contributed by atoms with Crippen molar-refractivity contribution in [2.24, 2.45) is 7.05 Å². The molecule has 4 rings (SSSR count). The average Bonchev–Trinajstić information content (AvgIpc) is 3.18. The molecule has 0 saturated carbocycles. The van der Waals surface area contributed by atoms with Gasteiger partial charge in [-0.2, -0.15) is 5.10 Å². The molecule has 1 aliphatic carbocycles. The zero-order valence-corrected chi connectivity index (χ0v) is 14.7. The van der Waals surface area contributed by atoms with Crippen LogP contribution in [0.25, 0.3) is 0 Å². The molecule has 1 amide bonds. The van der Waals surface area contributed by atoms with Crippen molar-refractivity contribution in [2.45, 2.75) is 45.1 Å². The molecule has 1 aromatic carbocycles. The summed E-state index contributed by atoms with van der Waals surface area (Å²) in [5, 5.41) is 7.72. The zero-order chi connectivity index (χ0) is 17.4. The number of hydrogen-bond donors (Lipinski definition) is 1. The van der Waals surface area contributed by atoms with E-state index in [1.807, 2.05) is 36.9 Å². The van der Waals surface area contributed by atoms with Crippen LogP contribution in [-0.4, -0.2) is 22.5 Å². The molecule has 2 aromatic rings. The Morgan fingerprint density at radius 2 is 2.20 bits per heavy atom. The largest absolute Gasteiger partial charge is 0.454 e. The molecular weight excluding hydrogens is 318 g/mol. The lowest BCUT2D eigenvalue weighted by molar-refractivity contribution is -0.121. The number of carbonyl (C=O) groups is 1. The van der Waals surface area contributed by atoms with Gasteiger partial charge in [-0.3, -0.25) is 9.48 Å². The summed E-state index contributed by atoms with van der Waals surface area (Å²) in [5.41, 5.74) is 4.58. The molecule has 1 unspecified atom stereocenters. The van der Waals surface area contributed by atoms with E-state index in [1.54, 1.807) is 0 Å². The van der Waals surface area contributed by atoms with Gasteiger partial charge >= 0.3 is 0 Å². The van der Waals surface area contributed by atoms with E-state index in [0.29, 0.717) is 12.8 Å². The molecule has 1 atom stereocenters. The van der Waals surface area contributed by atoms with Crippen LogP contribution in [-0.2, 0) is 24.7 Å². The highest BCUT2D eigenvalue weighted by atomic mass is 16.7. The molecule has 6 nitrogen and oxygen atoms in total. The SMILES string of the molecule is Cc1nn(C)c2c1C(NC(=O)CCc1ccc3c(c1)OCO3)CCC2. The number of nitrogens with zero attached hydrogens (tertiary/aromatic N) is 2. The van der Waals surface area contributed by atoms with Gasteiger partial charge in [0.05, 0.1) is 11.7 Å². The number of hydrogen-bond acceptors (Lipinski definition) is 4. The van der Waals surface area contributed by atoms with Crippen molar-refractivity contribution in [1.82, 2.24) is 15.1 Å². The third-order valence-corrected chi connectivity index (χ3v) is 5.06. The third kappa shape index (κ3) is 3.08. The Bertz CT molecular complexity index is 812. The second kappa shape index (κ2) is 6.43.